The van der Waals surface area contributed by atoms with Gasteiger partial charge >= 0.3 is 5.97 Å². The Bertz CT molecular complexity index is 730. The zero-order valence-electron chi connectivity index (χ0n) is 13.1. The van der Waals surface area contributed by atoms with Crippen molar-refractivity contribution in [2.75, 3.05) is 13.1 Å². The number of halogens is 1. The van der Waals surface area contributed by atoms with Crippen LogP contribution in [0.3, 0.4) is 0 Å². The van der Waals surface area contributed by atoms with Crippen molar-refractivity contribution < 1.29 is 19.1 Å². The van der Waals surface area contributed by atoms with Crippen molar-refractivity contribution in [2.24, 2.45) is 5.92 Å². The van der Waals surface area contributed by atoms with E-state index >= 15 is 0 Å². The number of likely N-dealkylation sites (tertiary alicyclic amines) is 1. The third-order valence-electron chi connectivity index (χ3n) is 4.49. The number of benzene rings is 2. The van der Waals surface area contributed by atoms with Crippen LogP contribution in [0.15, 0.2) is 54.6 Å². The second-order valence-electron chi connectivity index (χ2n) is 6.06. The molecule has 2 aromatic rings. The SMILES string of the molecule is O=C(O)C1CN(C(=O)Cc2ccc(F)cc2)CC1c1ccccc1. The summed E-state index contributed by atoms with van der Waals surface area (Å²) in [5.74, 6) is -2.18. The first kappa shape index (κ1) is 16.2. The summed E-state index contributed by atoms with van der Waals surface area (Å²) in [6, 6.07) is 15.2. The molecular formula is C19H18FNO3. The standard InChI is InChI=1S/C19H18FNO3/c20-15-8-6-13(7-9-15)10-18(22)21-11-16(17(12-21)19(23)24)14-4-2-1-3-5-14/h1-9,16-17H,10-12H2,(H,23,24). The van der Waals surface area contributed by atoms with Crippen molar-refractivity contribution in [1.29, 1.82) is 0 Å². The average Bonchev–Trinajstić information content (AvgIpc) is 3.03. The van der Waals surface area contributed by atoms with Gasteiger partial charge in [-0.25, -0.2) is 4.39 Å². The second kappa shape index (κ2) is 6.83. The molecule has 1 amide bonds. The van der Waals surface area contributed by atoms with Crippen molar-refractivity contribution >= 4 is 11.9 Å². The van der Waals surface area contributed by atoms with Gasteiger partial charge in [0.15, 0.2) is 0 Å². The first-order valence-electron chi connectivity index (χ1n) is 7.84. The van der Waals surface area contributed by atoms with E-state index < -0.39 is 11.9 Å². The average molecular weight is 327 g/mol. The lowest BCUT2D eigenvalue weighted by molar-refractivity contribution is -0.141. The fraction of sp³-hybridized carbons (Fsp3) is 0.263. The van der Waals surface area contributed by atoms with Crippen molar-refractivity contribution in [3.05, 3.63) is 71.5 Å². The van der Waals surface area contributed by atoms with Crippen LogP contribution in [0, 0.1) is 11.7 Å². The molecule has 2 atom stereocenters. The lowest BCUT2D eigenvalue weighted by atomic mass is 9.89. The van der Waals surface area contributed by atoms with Crippen LogP contribution >= 0.6 is 0 Å². The van der Waals surface area contributed by atoms with Crippen molar-refractivity contribution in [3.63, 3.8) is 0 Å². The van der Waals surface area contributed by atoms with Crippen LogP contribution in [-0.2, 0) is 16.0 Å². The van der Waals surface area contributed by atoms with Gasteiger partial charge in [-0.1, -0.05) is 42.5 Å². The lowest BCUT2D eigenvalue weighted by Crippen LogP contribution is -2.31. The molecule has 24 heavy (non-hydrogen) atoms. The number of hydrogen-bond acceptors (Lipinski definition) is 2. The number of carboxylic acid groups (broad SMARTS) is 1. The Morgan fingerprint density at radius 1 is 1.04 bits per heavy atom. The van der Waals surface area contributed by atoms with Crippen LogP contribution in [0.5, 0.6) is 0 Å². The third-order valence-corrected chi connectivity index (χ3v) is 4.49. The van der Waals surface area contributed by atoms with Crippen LogP contribution in [0.25, 0.3) is 0 Å². The Morgan fingerprint density at radius 2 is 1.71 bits per heavy atom. The molecule has 0 saturated carbocycles. The molecule has 0 aliphatic carbocycles. The summed E-state index contributed by atoms with van der Waals surface area (Å²) in [6.07, 6.45) is 0.147. The monoisotopic (exact) mass is 327 g/mol. The number of hydrogen-bond donors (Lipinski definition) is 1. The molecule has 4 nitrogen and oxygen atoms in total. The Labute approximate surface area is 139 Å². The van der Waals surface area contributed by atoms with E-state index in [2.05, 4.69) is 0 Å². The molecule has 3 rings (SSSR count). The first-order valence-corrected chi connectivity index (χ1v) is 7.84. The molecule has 2 unspecified atom stereocenters. The van der Waals surface area contributed by atoms with E-state index in [1.165, 1.54) is 12.1 Å². The highest BCUT2D eigenvalue weighted by Crippen LogP contribution is 2.33. The summed E-state index contributed by atoms with van der Waals surface area (Å²) < 4.78 is 12.9. The summed E-state index contributed by atoms with van der Waals surface area (Å²) in [5, 5.41) is 9.49. The minimum Gasteiger partial charge on any atom is -0.481 e. The molecule has 1 aliphatic heterocycles. The minimum atomic E-state index is -0.888. The number of rotatable bonds is 4. The predicted molar refractivity (Wildman–Crippen MR) is 87.0 cm³/mol. The number of amides is 1. The maximum absolute atomic E-state index is 12.9. The molecule has 0 bridgehead atoms. The van der Waals surface area contributed by atoms with Gasteiger partial charge in [-0.3, -0.25) is 9.59 Å². The molecule has 0 radical (unpaired) electrons. The number of carboxylic acids is 1. The van der Waals surface area contributed by atoms with E-state index in [0.29, 0.717) is 6.54 Å². The molecule has 2 aromatic carbocycles. The van der Waals surface area contributed by atoms with Crippen molar-refractivity contribution in [1.82, 2.24) is 4.90 Å². The van der Waals surface area contributed by atoms with Crippen LogP contribution < -0.4 is 0 Å². The molecule has 1 heterocycles. The second-order valence-corrected chi connectivity index (χ2v) is 6.06. The van der Waals surface area contributed by atoms with E-state index in [1.807, 2.05) is 30.3 Å². The summed E-state index contributed by atoms with van der Waals surface area (Å²) in [5.41, 5.74) is 1.65. The van der Waals surface area contributed by atoms with E-state index in [4.69, 9.17) is 0 Å². The molecule has 1 aliphatic rings. The summed E-state index contributed by atoms with van der Waals surface area (Å²) >= 11 is 0. The Morgan fingerprint density at radius 3 is 2.33 bits per heavy atom. The zero-order valence-corrected chi connectivity index (χ0v) is 13.1. The first-order chi connectivity index (χ1) is 11.5. The highest BCUT2D eigenvalue weighted by molar-refractivity contribution is 5.81. The lowest BCUT2D eigenvalue weighted by Gasteiger charge is -2.16. The topological polar surface area (TPSA) is 57.6 Å². The number of nitrogens with zero attached hydrogens (tertiary/aromatic N) is 1. The molecule has 0 aromatic heterocycles. The zero-order chi connectivity index (χ0) is 17.1. The molecule has 1 saturated heterocycles. The Balaban J connectivity index is 1.74. The quantitative estimate of drug-likeness (QED) is 0.939. The highest BCUT2D eigenvalue weighted by Gasteiger charge is 2.40. The largest absolute Gasteiger partial charge is 0.481 e. The predicted octanol–water partition coefficient (Wildman–Crippen LogP) is 2.70. The van der Waals surface area contributed by atoms with Gasteiger partial charge in [0.05, 0.1) is 12.3 Å². The van der Waals surface area contributed by atoms with Crippen LogP contribution in [0.2, 0.25) is 0 Å². The van der Waals surface area contributed by atoms with Gasteiger partial charge in [0.2, 0.25) is 5.91 Å². The number of carbonyl (C=O) groups excluding carboxylic acids is 1. The summed E-state index contributed by atoms with van der Waals surface area (Å²) in [7, 11) is 0. The molecule has 1 fully saturated rings. The Kier molecular flexibility index (Phi) is 4.60. The van der Waals surface area contributed by atoms with E-state index in [9.17, 15) is 19.1 Å². The van der Waals surface area contributed by atoms with Gasteiger partial charge in [-0.05, 0) is 23.3 Å². The van der Waals surface area contributed by atoms with E-state index in [-0.39, 0.29) is 30.6 Å². The van der Waals surface area contributed by atoms with Gasteiger partial charge in [-0.2, -0.15) is 0 Å². The normalized spacial score (nSPS) is 20.1. The molecule has 5 heteroatoms. The Hall–Kier alpha value is -2.69. The number of carbonyl (C=O) groups is 2. The van der Waals surface area contributed by atoms with Crippen molar-refractivity contribution in [2.45, 2.75) is 12.3 Å². The number of aliphatic carboxylic acids is 1. The molecule has 124 valence electrons. The summed E-state index contributed by atoms with van der Waals surface area (Å²) in [6.45, 7) is 0.593. The van der Waals surface area contributed by atoms with Gasteiger partial charge in [0.1, 0.15) is 5.82 Å². The van der Waals surface area contributed by atoms with Gasteiger partial charge in [0, 0.05) is 19.0 Å². The van der Waals surface area contributed by atoms with E-state index in [0.717, 1.165) is 11.1 Å². The smallest absolute Gasteiger partial charge is 0.308 e. The van der Waals surface area contributed by atoms with E-state index in [1.54, 1.807) is 17.0 Å². The van der Waals surface area contributed by atoms with Crippen LogP contribution in [0.1, 0.15) is 17.0 Å². The third kappa shape index (κ3) is 3.45. The van der Waals surface area contributed by atoms with Gasteiger partial charge < -0.3 is 10.0 Å². The maximum Gasteiger partial charge on any atom is 0.308 e. The fourth-order valence-corrected chi connectivity index (χ4v) is 3.18. The van der Waals surface area contributed by atoms with Crippen LogP contribution in [-0.4, -0.2) is 35.0 Å². The van der Waals surface area contributed by atoms with Gasteiger partial charge in [0.25, 0.3) is 0 Å². The van der Waals surface area contributed by atoms with Gasteiger partial charge in [-0.15, -0.1) is 0 Å². The molecular weight excluding hydrogens is 309 g/mol. The fourth-order valence-electron chi connectivity index (χ4n) is 3.18. The highest BCUT2D eigenvalue weighted by atomic mass is 19.1. The summed E-state index contributed by atoms with van der Waals surface area (Å²) in [4.78, 5) is 25.7. The maximum atomic E-state index is 12.9. The molecule has 0 spiro atoms. The van der Waals surface area contributed by atoms with Crippen molar-refractivity contribution in [3.8, 4) is 0 Å². The molecule has 1 N–H and O–H groups in total. The van der Waals surface area contributed by atoms with Crippen LogP contribution in [0.4, 0.5) is 4.39 Å². The minimum absolute atomic E-state index is 0.133.